The fraction of sp³-hybridized carbons (Fsp3) is 0.647. The van der Waals surface area contributed by atoms with Crippen LogP contribution in [0.25, 0.3) is 0 Å². The molecule has 2 fully saturated rings. The second kappa shape index (κ2) is 5.76. The first kappa shape index (κ1) is 15.7. The molecule has 5 heteroatoms. The average molecular weight is 312 g/mol. The summed E-state index contributed by atoms with van der Waals surface area (Å²) in [4.78, 5) is 2.21. The highest BCUT2D eigenvalue weighted by molar-refractivity contribution is 5.51. The summed E-state index contributed by atoms with van der Waals surface area (Å²) in [6, 6.07) is 4.84. The Balaban J connectivity index is 1.92. The van der Waals surface area contributed by atoms with Crippen LogP contribution in [-0.4, -0.2) is 24.2 Å². The second-order valence-electron chi connectivity index (χ2n) is 7.12. The van der Waals surface area contributed by atoms with Gasteiger partial charge < -0.3 is 10.2 Å². The van der Waals surface area contributed by atoms with Gasteiger partial charge in [-0.05, 0) is 44.9 Å². The highest BCUT2D eigenvalue weighted by Crippen LogP contribution is 2.35. The number of hydrogen-bond acceptors (Lipinski definition) is 2. The molecule has 0 unspecified atom stereocenters. The van der Waals surface area contributed by atoms with E-state index in [0.29, 0.717) is 17.8 Å². The molecule has 0 radical (unpaired) electrons. The molecular weight excluding hydrogens is 289 g/mol. The van der Waals surface area contributed by atoms with E-state index in [0.717, 1.165) is 25.8 Å². The van der Waals surface area contributed by atoms with Crippen molar-refractivity contribution < 1.29 is 13.2 Å². The molecule has 0 bridgehead atoms. The Morgan fingerprint density at radius 2 is 1.95 bits per heavy atom. The molecule has 22 heavy (non-hydrogen) atoms. The van der Waals surface area contributed by atoms with Crippen LogP contribution in [0.4, 0.5) is 18.9 Å². The predicted octanol–water partition coefficient (Wildman–Crippen LogP) is 4.26. The Labute approximate surface area is 129 Å². The maximum absolute atomic E-state index is 14.0. The molecule has 2 aliphatic rings. The number of halogens is 3. The van der Waals surface area contributed by atoms with Crippen molar-refractivity contribution in [2.45, 2.75) is 63.6 Å². The van der Waals surface area contributed by atoms with Crippen LogP contribution in [0.15, 0.2) is 18.2 Å². The molecule has 1 aliphatic carbocycles. The first-order chi connectivity index (χ1) is 10.4. The van der Waals surface area contributed by atoms with E-state index in [9.17, 15) is 13.2 Å². The van der Waals surface area contributed by atoms with Crippen LogP contribution in [0.1, 0.15) is 51.5 Å². The van der Waals surface area contributed by atoms with Gasteiger partial charge in [-0.2, -0.15) is 0 Å². The van der Waals surface area contributed by atoms with E-state index in [1.807, 2.05) is 0 Å². The predicted molar refractivity (Wildman–Crippen MR) is 82.0 cm³/mol. The molecule has 1 saturated heterocycles. The number of benzene rings is 1. The Bertz CT molecular complexity index is 545. The Morgan fingerprint density at radius 1 is 1.23 bits per heavy atom. The molecule has 2 atom stereocenters. The van der Waals surface area contributed by atoms with Crippen LogP contribution in [0, 0.1) is 5.82 Å². The SMILES string of the molecule is CC1(C)CN(c2ccc(C(F)F)c(F)c2)[C@@H]2CCCC[C@H]2N1. The summed E-state index contributed by atoms with van der Waals surface area (Å²) in [6.45, 7) is 5.02. The van der Waals surface area contributed by atoms with E-state index < -0.39 is 17.8 Å². The van der Waals surface area contributed by atoms with Crippen LogP contribution in [0.3, 0.4) is 0 Å². The number of anilines is 1. The highest BCUT2D eigenvalue weighted by atomic mass is 19.3. The van der Waals surface area contributed by atoms with E-state index in [1.54, 1.807) is 6.07 Å². The van der Waals surface area contributed by atoms with Gasteiger partial charge >= 0.3 is 0 Å². The zero-order valence-electron chi connectivity index (χ0n) is 13.1. The molecule has 122 valence electrons. The molecule has 3 rings (SSSR count). The summed E-state index contributed by atoms with van der Waals surface area (Å²) in [7, 11) is 0. The van der Waals surface area contributed by atoms with Crippen molar-refractivity contribution in [1.82, 2.24) is 5.32 Å². The van der Waals surface area contributed by atoms with Crippen molar-refractivity contribution in [3.63, 3.8) is 0 Å². The molecule has 0 spiro atoms. The van der Waals surface area contributed by atoms with Gasteiger partial charge in [0.1, 0.15) is 5.82 Å². The number of rotatable bonds is 2. The largest absolute Gasteiger partial charge is 0.365 e. The average Bonchev–Trinajstić information content (AvgIpc) is 2.44. The number of alkyl halides is 2. The fourth-order valence-electron chi connectivity index (χ4n) is 3.90. The Hall–Kier alpha value is -1.23. The summed E-state index contributed by atoms with van der Waals surface area (Å²) < 4.78 is 39.4. The summed E-state index contributed by atoms with van der Waals surface area (Å²) in [6.07, 6.45) is 1.78. The van der Waals surface area contributed by atoms with Crippen molar-refractivity contribution in [2.75, 3.05) is 11.4 Å². The van der Waals surface area contributed by atoms with Gasteiger partial charge in [0.2, 0.25) is 0 Å². The summed E-state index contributed by atoms with van der Waals surface area (Å²) in [5.41, 5.74) is 0.128. The molecule has 1 saturated carbocycles. The third-order valence-corrected chi connectivity index (χ3v) is 4.82. The van der Waals surface area contributed by atoms with Gasteiger partial charge in [-0.3, -0.25) is 0 Å². The van der Waals surface area contributed by atoms with Gasteiger partial charge in [-0.1, -0.05) is 12.8 Å². The number of nitrogens with zero attached hydrogens (tertiary/aromatic N) is 1. The van der Waals surface area contributed by atoms with E-state index in [4.69, 9.17) is 0 Å². The quantitative estimate of drug-likeness (QED) is 0.877. The molecule has 1 aromatic carbocycles. The lowest BCUT2D eigenvalue weighted by Crippen LogP contribution is -2.67. The number of nitrogens with one attached hydrogen (secondary N) is 1. The Morgan fingerprint density at radius 3 is 2.64 bits per heavy atom. The number of fused-ring (bicyclic) bond motifs is 1. The first-order valence-corrected chi connectivity index (χ1v) is 7.99. The van der Waals surface area contributed by atoms with E-state index >= 15 is 0 Å². The van der Waals surface area contributed by atoms with E-state index in [-0.39, 0.29) is 5.54 Å². The first-order valence-electron chi connectivity index (χ1n) is 7.99. The van der Waals surface area contributed by atoms with E-state index in [1.165, 1.54) is 18.6 Å². The van der Waals surface area contributed by atoms with Gasteiger partial charge in [-0.25, -0.2) is 13.2 Å². The van der Waals surface area contributed by atoms with Gasteiger partial charge in [0, 0.05) is 29.9 Å². The van der Waals surface area contributed by atoms with Crippen LogP contribution in [0.2, 0.25) is 0 Å². The molecular formula is C17H23F3N2. The third kappa shape index (κ3) is 2.96. The van der Waals surface area contributed by atoms with Gasteiger partial charge in [-0.15, -0.1) is 0 Å². The van der Waals surface area contributed by atoms with Crippen molar-refractivity contribution in [2.24, 2.45) is 0 Å². The fourth-order valence-corrected chi connectivity index (χ4v) is 3.90. The lowest BCUT2D eigenvalue weighted by atomic mass is 9.83. The van der Waals surface area contributed by atoms with Gasteiger partial charge in [0.25, 0.3) is 6.43 Å². The topological polar surface area (TPSA) is 15.3 Å². The monoisotopic (exact) mass is 312 g/mol. The summed E-state index contributed by atoms with van der Waals surface area (Å²) in [5, 5.41) is 3.68. The number of piperazine rings is 1. The molecule has 0 aromatic heterocycles. The maximum Gasteiger partial charge on any atom is 0.266 e. The van der Waals surface area contributed by atoms with Gasteiger partial charge in [0.15, 0.2) is 0 Å². The van der Waals surface area contributed by atoms with Crippen LogP contribution < -0.4 is 10.2 Å². The maximum atomic E-state index is 14.0. The summed E-state index contributed by atoms with van der Waals surface area (Å²) in [5.74, 6) is -0.809. The van der Waals surface area contributed by atoms with Crippen molar-refractivity contribution in [3.8, 4) is 0 Å². The lowest BCUT2D eigenvalue weighted by molar-refractivity contribution is 0.146. The van der Waals surface area contributed by atoms with Crippen molar-refractivity contribution >= 4 is 5.69 Å². The molecule has 1 heterocycles. The minimum Gasteiger partial charge on any atom is -0.365 e. The second-order valence-corrected chi connectivity index (χ2v) is 7.12. The van der Waals surface area contributed by atoms with Crippen LogP contribution in [-0.2, 0) is 0 Å². The van der Waals surface area contributed by atoms with Crippen molar-refractivity contribution in [3.05, 3.63) is 29.6 Å². The lowest BCUT2D eigenvalue weighted by Gasteiger charge is -2.52. The minimum absolute atomic E-state index is 0.0730. The minimum atomic E-state index is -2.77. The number of hydrogen-bond donors (Lipinski definition) is 1. The van der Waals surface area contributed by atoms with Gasteiger partial charge in [0.05, 0.1) is 5.56 Å². The smallest absolute Gasteiger partial charge is 0.266 e. The standard InChI is InChI=1S/C17H23F3N2/c1-17(2)10-22(15-6-4-3-5-14(15)21-17)11-7-8-12(16(19)20)13(18)9-11/h7-9,14-16,21H,3-6,10H2,1-2H3/t14-,15-/m1/s1. The molecule has 1 N–H and O–H groups in total. The van der Waals surface area contributed by atoms with Crippen LogP contribution in [0.5, 0.6) is 0 Å². The zero-order chi connectivity index (χ0) is 15.9. The third-order valence-electron chi connectivity index (χ3n) is 4.82. The zero-order valence-corrected chi connectivity index (χ0v) is 13.1. The highest BCUT2D eigenvalue weighted by Gasteiger charge is 2.40. The van der Waals surface area contributed by atoms with Crippen LogP contribution >= 0.6 is 0 Å². The molecule has 0 amide bonds. The molecule has 1 aromatic rings. The molecule has 2 nitrogen and oxygen atoms in total. The Kier molecular flexibility index (Phi) is 4.10. The summed E-state index contributed by atoms with van der Waals surface area (Å²) >= 11 is 0. The van der Waals surface area contributed by atoms with E-state index in [2.05, 4.69) is 24.1 Å². The normalized spacial score (nSPS) is 27.8. The molecule has 1 aliphatic heterocycles. The van der Waals surface area contributed by atoms with Crippen molar-refractivity contribution in [1.29, 1.82) is 0 Å².